The van der Waals surface area contributed by atoms with Crippen molar-refractivity contribution in [3.8, 4) is 0 Å². The summed E-state index contributed by atoms with van der Waals surface area (Å²) in [4.78, 5) is 13.7. The molecule has 2 rings (SSSR count). The first-order valence-electron chi connectivity index (χ1n) is 7.12. The van der Waals surface area contributed by atoms with Gasteiger partial charge in [-0.1, -0.05) is 32.4 Å². The van der Waals surface area contributed by atoms with Crippen LogP contribution in [0.1, 0.15) is 38.9 Å². The summed E-state index contributed by atoms with van der Waals surface area (Å²) in [7, 11) is 0. The van der Waals surface area contributed by atoms with E-state index in [1.54, 1.807) is 0 Å². The van der Waals surface area contributed by atoms with Gasteiger partial charge in [-0.15, -0.1) is 0 Å². The van der Waals surface area contributed by atoms with Crippen molar-refractivity contribution >= 4 is 17.4 Å². The number of rotatable bonds is 4. The highest BCUT2D eigenvalue weighted by Crippen LogP contribution is 2.21. The molecule has 0 atom stereocenters. The molecular weight excluding hydrogens is 260 g/mol. The zero-order valence-corrected chi connectivity index (χ0v) is 12.8. The maximum absolute atomic E-state index is 6.10. The van der Waals surface area contributed by atoms with Crippen molar-refractivity contribution in [2.24, 2.45) is 0 Å². The normalized spacial score (nSPS) is 17.2. The second-order valence-corrected chi connectivity index (χ2v) is 5.78. The molecular formula is C14H23ClN4. The van der Waals surface area contributed by atoms with Crippen LogP contribution in [0.5, 0.6) is 0 Å². The lowest BCUT2D eigenvalue weighted by atomic mass is 10.2. The minimum atomic E-state index is 0.304. The first-order valence-corrected chi connectivity index (χ1v) is 7.49. The lowest BCUT2D eigenvalue weighted by Crippen LogP contribution is -2.46. The number of halogens is 1. The number of aromatic nitrogens is 2. The van der Waals surface area contributed by atoms with E-state index in [1.807, 2.05) is 6.07 Å². The van der Waals surface area contributed by atoms with Gasteiger partial charge < -0.3 is 4.90 Å². The molecule has 5 heteroatoms. The van der Waals surface area contributed by atoms with E-state index in [4.69, 9.17) is 11.6 Å². The van der Waals surface area contributed by atoms with Gasteiger partial charge in [-0.3, -0.25) is 4.90 Å². The molecule has 1 saturated heterocycles. The Hall–Kier alpha value is -0.870. The molecule has 0 aliphatic carbocycles. The van der Waals surface area contributed by atoms with Gasteiger partial charge in [-0.05, 0) is 13.0 Å². The van der Waals surface area contributed by atoms with Crippen molar-refractivity contribution in [1.82, 2.24) is 14.9 Å². The quantitative estimate of drug-likeness (QED) is 0.795. The molecule has 1 aromatic rings. The van der Waals surface area contributed by atoms with Gasteiger partial charge in [-0.2, -0.15) is 0 Å². The van der Waals surface area contributed by atoms with Crippen molar-refractivity contribution in [1.29, 1.82) is 0 Å². The van der Waals surface area contributed by atoms with Crippen molar-refractivity contribution in [2.75, 3.05) is 37.6 Å². The summed E-state index contributed by atoms with van der Waals surface area (Å²) in [6.45, 7) is 11.8. The molecule has 0 N–H and O–H groups in total. The SMILES string of the molecule is CCCN1CCN(c2cc(Cl)nc(C(C)C)n2)CC1. The molecule has 1 aromatic heterocycles. The van der Waals surface area contributed by atoms with Gasteiger partial charge >= 0.3 is 0 Å². The molecule has 4 nitrogen and oxygen atoms in total. The van der Waals surface area contributed by atoms with Crippen LogP contribution in [0.2, 0.25) is 5.15 Å². The van der Waals surface area contributed by atoms with Crippen LogP contribution in [0.4, 0.5) is 5.82 Å². The minimum absolute atomic E-state index is 0.304. The standard InChI is InChI=1S/C14H23ClN4/c1-4-5-18-6-8-19(9-7-18)13-10-12(15)16-14(17-13)11(2)3/h10-11H,4-9H2,1-3H3. The summed E-state index contributed by atoms with van der Waals surface area (Å²) >= 11 is 6.10. The largest absolute Gasteiger partial charge is 0.354 e. The van der Waals surface area contributed by atoms with Gasteiger partial charge in [-0.25, -0.2) is 9.97 Å². The topological polar surface area (TPSA) is 32.3 Å². The number of nitrogens with zero attached hydrogens (tertiary/aromatic N) is 4. The summed E-state index contributed by atoms with van der Waals surface area (Å²) in [5.41, 5.74) is 0. The van der Waals surface area contributed by atoms with E-state index < -0.39 is 0 Å². The Morgan fingerprint density at radius 1 is 1.21 bits per heavy atom. The molecule has 2 heterocycles. The highest BCUT2D eigenvalue weighted by atomic mass is 35.5. The predicted molar refractivity (Wildman–Crippen MR) is 80.1 cm³/mol. The number of piperazine rings is 1. The number of anilines is 1. The zero-order chi connectivity index (χ0) is 13.8. The van der Waals surface area contributed by atoms with E-state index in [0.29, 0.717) is 11.1 Å². The molecule has 0 unspecified atom stereocenters. The Bertz CT molecular complexity index is 414. The van der Waals surface area contributed by atoms with E-state index >= 15 is 0 Å². The summed E-state index contributed by atoms with van der Waals surface area (Å²) in [5.74, 6) is 2.11. The molecule has 0 saturated carbocycles. The van der Waals surface area contributed by atoms with Crippen LogP contribution in [0.15, 0.2) is 6.07 Å². The fraction of sp³-hybridized carbons (Fsp3) is 0.714. The lowest BCUT2D eigenvalue weighted by molar-refractivity contribution is 0.258. The van der Waals surface area contributed by atoms with Crippen molar-refractivity contribution in [3.05, 3.63) is 17.0 Å². The van der Waals surface area contributed by atoms with Crippen molar-refractivity contribution in [3.63, 3.8) is 0 Å². The third kappa shape index (κ3) is 3.80. The molecule has 0 aromatic carbocycles. The zero-order valence-electron chi connectivity index (χ0n) is 12.1. The Morgan fingerprint density at radius 2 is 1.89 bits per heavy atom. The fourth-order valence-electron chi connectivity index (χ4n) is 2.36. The summed E-state index contributed by atoms with van der Waals surface area (Å²) in [6.07, 6.45) is 1.22. The van der Waals surface area contributed by atoms with E-state index in [0.717, 1.165) is 37.8 Å². The van der Waals surface area contributed by atoms with E-state index in [2.05, 4.69) is 40.5 Å². The number of hydrogen-bond acceptors (Lipinski definition) is 4. The second kappa shape index (κ2) is 6.53. The monoisotopic (exact) mass is 282 g/mol. The van der Waals surface area contributed by atoms with Crippen LogP contribution in [-0.4, -0.2) is 47.6 Å². The molecule has 106 valence electrons. The molecule has 1 fully saturated rings. The van der Waals surface area contributed by atoms with Crippen LogP contribution in [0.25, 0.3) is 0 Å². The molecule has 1 aliphatic rings. The maximum atomic E-state index is 6.10. The second-order valence-electron chi connectivity index (χ2n) is 5.39. The van der Waals surface area contributed by atoms with Crippen molar-refractivity contribution in [2.45, 2.75) is 33.1 Å². The Labute approximate surface area is 120 Å². The highest BCUT2D eigenvalue weighted by Gasteiger charge is 2.19. The molecule has 0 bridgehead atoms. The highest BCUT2D eigenvalue weighted by molar-refractivity contribution is 6.29. The minimum Gasteiger partial charge on any atom is -0.354 e. The van der Waals surface area contributed by atoms with E-state index in [9.17, 15) is 0 Å². The Kier molecular flexibility index (Phi) is 4.99. The van der Waals surface area contributed by atoms with Crippen LogP contribution in [0.3, 0.4) is 0 Å². The van der Waals surface area contributed by atoms with E-state index in [-0.39, 0.29) is 0 Å². The Morgan fingerprint density at radius 3 is 2.47 bits per heavy atom. The molecule has 19 heavy (non-hydrogen) atoms. The average molecular weight is 283 g/mol. The lowest BCUT2D eigenvalue weighted by Gasteiger charge is -2.35. The molecule has 1 aliphatic heterocycles. The predicted octanol–water partition coefficient (Wildman–Crippen LogP) is 2.79. The Balaban J connectivity index is 2.06. The first-order chi connectivity index (χ1) is 9.10. The summed E-state index contributed by atoms with van der Waals surface area (Å²) in [6, 6.07) is 1.88. The molecule has 0 radical (unpaired) electrons. The third-order valence-electron chi connectivity index (χ3n) is 3.45. The van der Waals surface area contributed by atoms with Gasteiger partial charge in [0.15, 0.2) is 0 Å². The van der Waals surface area contributed by atoms with Crippen molar-refractivity contribution < 1.29 is 0 Å². The summed E-state index contributed by atoms with van der Waals surface area (Å²) < 4.78 is 0. The van der Waals surface area contributed by atoms with Gasteiger partial charge in [0, 0.05) is 38.2 Å². The van der Waals surface area contributed by atoms with Crippen LogP contribution in [0, 0.1) is 0 Å². The smallest absolute Gasteiger partial charge is 0.135 e. The van der Waals surface area contributed by atoms with Crippen LogP contribution >= 0.6 is 11.6 Å². The summed E-state index contributed by atoms with van der Waals surface area (Å²) in [5, 5.41) is 0.546. The molecule has 0 spiro atoms. The average Bonchev–Trinajstić information content (AvgIpc) is 2.39. The van der Waals surface area contributed by atoms with E-state index in [1.165, 1.54) is 13.0 Å². The van der Waals surface area contributed by atoms with Gasteiger partial charge in [0.1, 0.15) is 16.8 Å². The van der Waals surface area contributed by atoms with Crippen LogP contribution in [-0.2, 0) is 0 Å². The van der Waals surface area contributed by atoms with Crippen LogP contribution < -0.4 is 4.90 Å². The molecule has 0 amide bonds. The van der Waals surface area contributed by atoms with Gasteiger partial charge in [0.2, 0.25) is 0 Å². The van der Waals surface area contributed by atoms with Gasteiger partial charge in [0.05, 0.1) is 0 Å². The first kappa shape index (κ1) is 14.5. The number of hydrogen-bond donors (Lipinski definition) is 0. The fourth-order valence-corrected chi connectivity index (χ4v) is 2.54. The maximum Gasteiger partial charge on any atom is 0.135 e. The van der Waals surface area contributed by atoms with Gasteiger partial charge in [0.25, 0.3) is 0 Å². The third-order valence-corrected chi connectivity index (χ3v) is 3.64.